The number of hydrogen-bond acceptors (Lipinski definition) is 4. The maximum Gasteiger partial charge on any atom is 0.416 e. The van der Waals surface area contributed by atoms with E-state index < -0.39 is 27.8 Å². The van der Waals surface area contributed by atoms with Crippen molar-refractivity contribution in [3.8, 4) is 0 Å². The Morgan fingerprint density at radius 3 is 2.18 bits per heavy atom. The van der Waals surface area contributed by atoms with Crippen LogP contribution in [-0.4, -0.2) is 62.0 Å². The molecule has 1 atom stereocenters. The fourth-order valence-electron chi connectivity index (χ4n) is 2.93. The van der Waals surface area contributed by atoms with Crippen LogP contribution < -0.4 is 5.32 Å². The number of carbonyl (C=O) groups excluding carboxylic acids is 1. The SMILES string of the molecule is CC(C)[C@H](Nc1ccc(C(F)(F)F)cc1Cl)C(=O)N1CCN(S(C)(=O)=O)CC1. The number of alkyl halides is 3. The van der Waals surface area contributed by atoms with Crippen molar-refractivity contribution in [2.24, 2.45) is 5.92 Å². The van der Waals surface area contributed by atoms with Crippen LogP contribution >= 0.6 is 11.6 Å². The zero-order valence-electron chi connectivity index (χ0n) is 15.8. The largest absolute Gasteiger partial charge is 0.416 e. The molecule has 1 heterocycles. The van der Waals surface area contributed by atoms with Gasteiger partial charge in [0.05, 0.1) is 22.5 Å². The van der Waals surface area contributed by atoms with E-state index in [1.807, 2.05) is 0 Å². The van der Waals surface area contributed by atoms with Gasteiger partial charge in [-0.15, -0.1) is 0 Å². The lowest BCUT2D eigenvalue weighted by Crippen LogP contribution is -2.54. The molecule has 0 unspecified atom stereocenters. The fourth-order valence-corrected chi connectivity index (χ4v) is 3.99. The Labute approximate surface area is 167 Å². The van der Waals surface area contributed by atoms with Crippen LogP contribution in [0.4, 0.5) is 18.9 Å². The highest BCUT2D eigenvalue weighted by atomic mass is 35.5. The smallest absolute Gasteiger partial charge is 0.372 e. The molecule has 0 spiro atoms. The standard InChI is InChI=1S/C17H23ClF3N3O3S/c1-11(2)15(16(25)23-6-8-24(9-7-23)28(3,26)27)22-14-5-4-12(10-13(14)18)17(19,20)21/h4-5,10-11,15,22H,6-9H2,1-3H3/t15-/m0/s1. The lowest BCUT2D eigenvalue weighted by Gasteiger charge is -2.36. The first-order chi connectivity index (χ1) is 12.8. The molecular weight excluding hydrogens is 419 g/mol. The third kappa shape index (κ3) is 5.51. The van der Waals surface area contributed by atoms with Crippen molar-refractivity contribution in [1.29, 1.82) is 0 Å². The maximum atomic E-state index is 12.9. The Hall–Kier alpha value is -1.52. The van der Waals surface area contributed by atoms with Crippen LogP contribution in [0.1, 0.15) is 19.4 Å². The summed E-state index contributed by atoms with van der Waals surface area (Å²) in [6.07, 6.45) is -3.38. The van der Waals surface area contributed by atoms with Crippen molar-refractivity contribution < 1.29 is 26.4 Å². The lowest BCUT2D eigenvalue weighted by atomic mass is 10.0. The number of amides is 1. The molecule has 158 valence electrons. The van der Waals surface area contributed by atoms with Crippen molar-refractivity contribution in [2.45, 2.75) is 26.1 Å². The molecule has 1 aromatic rings. The minimum absolute atomic E-state index is 0.129. The minimum atomic E-state index is -4.51. The first-order valence-corrected chi connectivity index (χ1v) is 10.9. The molecule has 0 saturated carbocycles. The number of halogens is 4. The summed E-state index contributed by atoms with van der Waals surface area (Å²) in [5.74, 6) is -0.419. The summed E-state index contributed by atoms with van der Waals surface area (Å²) >= 11 is 5.98. The Balaban J connectivity index is 2.13. The predicted molar refractivity (Wildman–Crippen MR) is 102 cm³/mol. The van der Waals surface area contributed by atoms with Crippen LogP contribution in [0.25, 0.3) is 0 Å². The molecular formula is C17H23ClF3N3O3S. The van der Waals surface area contributed by atoms with Crippen molar-refractivity contribution in [3.05, 3.63) is 28.8 Å². The van der Waals surface area contributed by atoms with E-state index in [1.165, 1.54) is 10.4 Å². The van der Waals surface area contributed by atoms with Gasteiger partial charge in [-0.05, 0) is 24.1 Å². The highest BCUT2D eigenvalue weighted by molar-refractivity contribution is 7.88. The number of benzene rings is 1. The number of sulfonamides is 1. The quantitative estimate of drug-likeness (QED) is 0.762. The summed E-state index contributed by atoms with van der Waals surface area (Å²) in [7, 11) is -3.31. The molecule has 2 rings (SSSR count). The van der Waals surface area contributed by atoms with Gasteiger partial charge in [0.15, 0.2) is 0 Å². The number of piperazine rings is 1. The highest BCUT2D eigenvalue weighted by Crippen LogP contribution is 2.34. The number of carbonyl (C=O) groups is 1. The summed E-state index contributed by atoms with van der Waals surface area (Å²) in [5, 5.41) is 2.81. The van der Waals surface area contributed by atoms with Crippen molar-refractivity contribution in [1.82, 2.24) is 9.21 Å². The van der Waals surface area contributed by atoms with Gasteiger partial charge in [0.25, 0.3) is 0 Å². The molecule has 0 radical (unpaired) electrons. The van der Waals surface area contributed by atoms with E-state index in [2.05, 4.69) is 5.32 Å². The van der Waals surface area contributed by atoms with Crippen molar-refractivity contribution in [2.75, 3.05) is 37.8 Å². The summed E-state index contributed by atoms with van der Waals surface area (Å²) in [6, 6.07) is 2.21. The molecule has 11 heteroatoms. The van der Waals surface area contributed by atoms with Gasteiger partial charge in [0, 0.05) is 26.2 Å². The zero-order valence-corrected chi connectivity index (χ0v) is 17.3. The molecule has 0 bridgehead atoms. The maximum absolute atomic E-state index is 12.9. The number of hydrogen-bond donors (Lipinski definition) is 1. The predicted octanol–water partition coefficient (Wildman–Crippen LogP) is 2.90. The van der Waals surface area contributed by atoms with Crippen LogP contribution in [0.2, 0.25) is 5.02 Å². The molecule has 28 heavy (non-hydrogen) atoms. The molecule has 0 aromatic heterocycles. The summed E-state index contributed by atoms with van der Waals surface area (Å²) in [5.41, 5.74) is -0.635. The van der Waals surface area contributed by atoms with E-state index in [0.29, 0.717) is 0 Å². The van der Waals surface area contributed by atoms with Crippen LogP contribution in [0.15, 0.2) is 18.2 Å². The lowest BCUT2D eigenvalue weighted by molar-refractivity contribution is -0.137. The van der Waals surface area contributed by atoms with E-state index in [4.69, 9.17) is 11.6 Å². The monoisotopic (exact) mass is 441 g/mol. The molecule has 6 nitrogen and oxygen atoms in total. The fraction of sp³-hybridized carbons (Fsp3) is 0.588. The zero-order chi connectivity index (χ0) is 21.3. The molecule has 1 aliphatic rings. The second kappa shape index (κ2) is 8.46. The Kier molecular flexibility index (Phi) is 6.88. The summed E-state index contributed by atoms with van der Waals surface area (Å²) in [6.45, 7) is 4.52. The molecule has 1 saturated heterocycles. The Morgan fingerprint density at radius 2 is 1.75 bits per heavy atom. The van der Waals surface area contributed by atoms with Crippen LogP contribution in [0.5, 0.6) is 0 Å². The summed E-state index contributed by atoms with van der Waals surface area (Å²) < 4.78 is 62.9. The number of anilines is 1. The van der Waals surface area contributed by atoms with Gasteiger partial charge >= 0.3 is 6.18 Å². The molecule has 1 fully saturated rings. The highest BCUT2D eigenvalue weighted by Gasteiger charge is 2.33. The number of nitrogens with one attached hydrogen (secondary N) is 1. The van der Waals surface area contributed by atoms with E-state index in [-0.39, 0.29) is 48.7 Å². The first kappa shape index (κ1) is 22.8. The van der Waals surface area contributed by atoms with Gasteiger partial charge in [-0.3, -0.25) is 4.79 Å². The average molecular weight is 442 g/mol. The van der Waals surface area contributed by atoms with E-state index in [1.54, 1.807) is 18.7 Å². The topological polar surface area (TPSA) is 69.7 Å². The van der Waals surface area contributed by atoms with Crippen LogP contribution in [0.3, 0.4) is 0 Å². The van der Waals surface area contributed by atoms with Gasteiger partial charge in [0.2, 0.25) is 15.9 Å². The van der Waals surface area contributed by atoms with Gasteiger partial charge in [-0.1, -0.05) is 25.4 Å². The third-order valence-corrected chi connectivity index (χ3v) is 6.18. The normalized spacial score (nSPS) is 17.6. The van der Waals surface area contributed by atoms with Gasteiger partial charge < -0.3 is 10.2 Å². The van der Waals surface area contributed by atoms with Crippen molar-refractivity contribution in [3.63, 3.8) is 0 Å². The van der Waals surface area contributed by atoms with E-state index in [9.17, 15) is 26.4 Å². The van der Waals surface area contributed by atoms with Crippen molar-refractivity contribution >= 4 is 33.2 Å². The van der Waals surface area contributed by atoms with Gasteiger partial charge in [-0.25, -0.2) is 8.42 Å². The molecule has 1 aromatic carbocycles. The number of rotatable bonds is 5. The first-order valence-electron chi connectivity index (χ1n) is 8.68. The second-order valence-electron chi connectivity index (χ2n) is 7.05. The van der Waals surface area contributed by atoms with Crippen LogP contribution in [-0.2, 0) is 21.0 Å². The molecule has 1 N–H and O–H groups in total. The Bertz CT molecular complexity index is 823. The van der Waals surface area contributed by atoms with E-state index in [0.717, 1.165) is 18.4 Å². The molecule has 0 aliphatic carbocycles. The third-order valence-electron chi connectivity index (χ3n) is 4.56. The van der Waals surface area contributed by atoms with Gasteiger partial charge in [0.1, 0.15) is 6.04 Å². The summed E-state index contributed by atoms with van der Waals surface area (Å²) in [4.78, 5) is 14.5. The Morgan fingerprint density at radius 1 is 1.18 bits per heavy atom. The minimum Gasteiger partial charge on any atom is -0.372 e. The molecule has 1 amide bonds. The average Bonchev–Trinajstić information content (AvgIpc) is 2.58. The second-order valence-corrected chi connectivity index (χ2v) is 9.44. The van der Waals surface area contributed by atoms with Crippen LogP contribution in [0, 0.1) is 5.92 Å². The van der Waals surface area contributed by atoms with E-state index >= 15 is 0 Å². The number of nitrogens with zero attached hydrogens (tertiary/aromatic N) is 2. The molecule has 1 aliphatic heterocycles. The van der Waals surface area contributed by atoms with Gasteiger partial charge in [-0.2, -0.15) is 17.5 Å².